The van der Waals surface area contributed by atoms with Crippen molar-refractivity contribution in [3.05, 3.63) is 0 Å². The molecule has 1 aliphatic heterocycles. The minimum Gasteiger partial charge on any atom is -0.339 e. The number of amides is 3. The molecular formula is C20H33N3O3. The van der Waals surface area contributed by atoms with Gasteiger partial charge in [-0.2, -0.15) is 0 Å². The minimum atomic E-state index is -0.362. The van der Waals surface area contributed by atoms with Gasteiger partial charge in [-0.3, -0.25) is 25.2 Å². The van der Waals surface area contributed by atoms with E-state index in [0.29, 0.717) is 18.4 Å². The van der Waals surface area contributed by atoms with Crippen LogP contribution in [0.1, 0.15) is 71.6 Å². The highest BCUT2D eigenvalue weighted by Crippen LogP contribution is 2.35. The SMILES string of the molecule is CC1CCCC(N2CC(C(=O)NNC(=O)C3CCCCC3)CC2=O)C1C. The molecule has 0 aromatic carbocycles. The van der Waals surface area contributed by atoms with Crippen molar-refractivity contribution >= 4 is 17.7 Å². The second-order valence-corrected chi connectivity index (χ2v) is 8.60. The fraction of sp³-hybridized carbons (Fsp3) is 0.850. The van der Waals surface area contributed by atoms with E-state index in [-0.39, 0.29) is 42.0 Å². The highest BCUT2D eigenvalue weighted by atomic mass is 16.2. The fourth-order valence-electron chi connectivity index (χ4n) is 4.91. The second kappa shape index (κ2) is 8.40. The Balaban J connectivity index is 1.49. The molecule has 3 aliphatic rings. The quantitative estimate of drug-likeness (QED) is 0.756. The minimum absolute atomic E-state index is 0.00957. The van der Waals surface area contributed by atoms with Crippen LogP contribution in [-0.4, -0.2) is 35.2 Å². The van der Waals surface area contributed by atoms with E-state index in [1.807, 2.05) is 4.90 Å². The monoisotopic (exact) mass is 363 g/mol. The third kappa shape index (κ3) is 4.21. The van der Waals surface area contributed by atoms with Gasteiger partial charge in [0.25, 0.3) is 0 Å². The van der Waals surface area contributed by atoms with Crippen molar-refractivity contribution in [3.63, 3.8) is 0 Å². The first kappa shape index (κ1) is 19.2. The van der Waals surface area contributed by atoms with Crippen molar-refractivity contribution in [1.29, 1.82) is 0 Å². The third-order valence-corrected chi connectivity index (χ3v) is 6.88. The zero-order valence-electron chi connectivity index (χ0n) is 16.1. The molecule has 3 amide bonds. The summed E-state index contributed by atoms with van der Waals surface area (Å²) in [6.45, 7) is 4.95. The van der Waals surface area contributed by atoms with Gasteiger partial charge in [0.1, 0.15) is 0 Å². The van der Waals surface area contributed by atoms with Crippen LogP contribution in [0.5, 0.6) is 0 Å². The standard InChI is InChI=1S/C20H33N3O3/c1-13-7-6-10-17(14(13)2)23-12-16(11-18(23)24)20(26)22-21-19(25)15-8-4-3-5-9-15/h13-17H,3-12H2,1-2H3,(H,21,25)(H,22,26). The van der Waals surface area contributed by atoms with Crippen molar-refractivity contribution < 1.29 is 14.4 Å². The second-order valence-electron chi connectivity index (χ2n) is 8.60. The van der Waals surface area contributed by atoms with E-state index in [9.17, 15) is 14.4 Å². The molecule has 2 aliphatic carbocycles. The lowest BCUT2D eigenvalue weighted by atomic mass is 9.77. The summed E-state index contributed by atoms with van der Waals surface area (Å²) in [6, 6.07) is 0.251. The fourth-order valence-corrected chi connectivity index (χ4v) is 4.91. The maximum absolute atomic E-state index is 12.5. The Morgan fingerprint density at radius 1 is 0.885 bits per heavy atom. The number of likely N-dealkylation sites (tertiary alicyclic amines) is 1. The van der Waals surface area contributed by atoms with Crippen LogP contribution in [-0.2, 0) is 14.4 Å². The number of nitrogens with one attached hydrogen (secondary N) is 2. The van der Waals surface area contributed by atoms with Gasteiger partial charge in [0.15, 0.2) is 0 Å². The Bertz CT molecular complexity index is 544. The van der Waals surface area contributed by atoms with Crippen molar-refractivity contribution in [2.45, 2.75) is 77.7 Å². The number of nitrogens with zero attached hydrogens (tertiary/aromatic N) is 1. The lowest BCUT2D eigenvalue weighted by Crippen LogP contribution is -2.48. The van der Waals surface area contributed by atoms with Crippen LogP contribution in [0.15, 0.2) is 0 Å². The van der Waals surface area contributed by atoms with Gasteiger partial charge >= 0.3 is 0 Å². The van der Waals surface area contributed by atoms with Gasteiger partial charge in [-0.15, -0.1) is 0 Å². The van der Waals surface area contributed by atoms with E-state index in [1.54, 1.807) is 0 Å². The van der Waals surface area contributed by atoms with Crippen molar-refractivity contribution in [2.24, 2.45) is 23.7 Å². The average Bonchev–Trinajstić information content (AvgIpc) is 3.04. The van der Waals surface area contributed by atoms with Crippen LogP contribution >= 0.6 is 0 Å². The van der Waals surface area contributed by atoms with Gasteiger partial charge < -0.3 is 4.90 Å². The van der Waals surface area contributed by atoms with Gasteiger partial charge in [-0.1, -0.05) is 46.0 Å². The van der Waals surface area contributed by atoms with Crippen LogP contribution in [0.2, 0.25) is 0 Å². The smallest absolute Gasteiger partial charge is 0.243 e. The Kier molecular flexibility index (Phi) is 6.20. The van der Waals surface area contributed by atoms with E-state index in [4.69, 9.17) is 0 Å². The molecule has 0 aromatic heterocycles. The Labute approximate surface area is 156 Å². The molecule has 0 bridgehead atoms. The molecule has 3 rings (SSSR count). The maximum atomic E-state index is 12.5. The summed E-state index contributed by atoms with van der Waals surface area (Å²) < 4.78 is 0. The van der Waals surface area contributed by atoms with Crippen molar-refractivity contribution in [1.82, 2.24) is 15.8 Å². The molecule has 2 saturated carbocycles. The summed E-state index contributed by atoms with van der Waals surface area (Å²) in [5.74, 6) is 0.490. The molecule has 4 atom stereocenters. The first-order chi connectivity index (χ1) is 12.5. The summed E-state index contributed by atoms with van der Waals surface area (Å²) in [4.78, 5) is 39.0. The molecule has 4 unspecified atom stereocenters. The normalized spacial score (nSPS) is 33.2. The van der Waals surface area contributed by atoms with E-state index < -0.39 is 0 Å². The molecular weight excluding hydrogens is 330 g/mol. The summed E-state index contributed by atoms with van der Waals surface area (Å²) in [5, 5.41) is 0. The van der Waals surface area contributed by atoms with Crippen molar-refractivity contribution in [2.75, 3.05) is 6.54 Å². The summed E-state index contributed by atoms with van der Waals surface area (Å²) in [7, 11) is 0. The molecule has 1 heterocycles. The van der Waals surface area contributed by atoms with Crippen LogP contribution < -0.4 is 10.9 Å². The highest BCUT2D eigenvalue weighted by molar-refractivity contribution is 5.90. The summed E-state index contributed by atoms with van der Waals surface area (Å²) >= 11 is 0. The van der Waals surface area contributed by atoms with E-state index in [1.165, 1.54) is 12.8 Å². The molecule has 2 N–H and O–H groups in total. The molecule has 6 heteroatoms. The molecule has 0 aromatic rings. The summed E-state index contributed by atoms with van der Waals surface area (Å²) in [5.41, 5.74) is 5.15. The average molecular weight is 364 g/mol. The van der Waals surface area contributed by atoms with Gasteiger partial charge in [0.05, 0.1) is 5.92 Å². The highest BCUT2D eigenvalue weighted by Gasteiger charge is 2.41. The van der Waals surface area contributed by atoms with Gasteiger partial charge in [-0.05, 0) is 31.1 Å². The zero-order chi connectivity index (χ0) is 18.7. The van der Waals surface area contributed by atoms with Crippen LogP contribution in [0, 0.1) is 23.7 Å². The van der Waals surface area contributed by atoms with Gasteiger partial charge in [-0.25, -0.2) is 0 Å². The third-order valence-electron chi connectivity index (χ3n) is 6.88. The number of hydrogen-bond donors (Lipinski definition) is 2. The van der Waals surface area contributed by atoms with Crippen LogP contribution in [0.4, 0.5) is 0 Å². The Morgan fingerprint density at radius 2 is 1.54 bits per heavy atom. The predicted octanol–water partition coefficient (Wildman–Crippen LogP) is 2.39. The molecule has 1 saturated heterocycles. The van der Waals surface area contributed by atoms with E-state index >= 15 is 0 Å². The Hall–Kier alpha value is -1.59. The van der Waals surface area contributed by atoms with E-state index in [0.717, 1.165) is 38.5 Å². The maximum Gasteiger partial charge on any atom is 0.243 e. The molecule has 26 heavy (non-hydrogen) atoms. The van der Waals surface area contributed by atoms with Crippen LogP contribution in [0.25, 0.3) is 0 Å². The largest absolute Gasteiger partial charge is 0.339 e. The first-order valence-corrected chi connectivity index (χ1v) is 10.4. The van der Waals surface area contributed by atoms with Crippen molar-refractivity contribution in [3.8, 4) is 0 Å². The predicted molar refractivity (Wildman–Crippen MR) is 98.6 cm³/mol. The number of hydrogen-bond acceptors (Lipinski definition) is 3. The molecule has 0 spiro atoms. The number of hydrazine groups is 1. The number of carbonyl (C=O) groups excluding carboxylic acids is 3. The number of rotatable bonds is 3. The molecule has 0 radical (unpaired) electrons. The lowest BCUT2D eigenvalue weighted by Gasteiger charge is -2.40. The zero-order valence-corrected chi connectivity index (χ0v) is 16.1. The van der Waals surface area contributed by atoms with Gasteiger partial charge in [0, 0.05) is 24.9 Å². The van der Waals surface area contributed by atoms with Gasteiger partial charge in [0.2, 0.25) is 17.7 Å². The summed E-state index contributed by atoms with van der Waals surface area (Å²) in [6.07, 6.45) is 8.79. The first-order valence-electron chi connectivity index (χ1n) is 10.4. The topological polar surface area (TPSA) is 78.5 Å². The molecule has 3 fully saturated rings. The Morgan fingerprint density at radius 3 is 2.23 bits per heavy atom. The molecule has 6 nitrogen and oxygen atoms in total. The number of carbonyl (C=O) groups is 3. The molecule has 146 valence electrons. The van der Waals surface area contributed by atoms with Crippen LogP contribution in [0.3, 0.4) is 0 Å². The van der Waals surface area contributed by atoms with E-state index in [2.05, 4.69) is 24.7 Å². The lowest BCUT2D eigenvalue weighted by molar-refractivity contribution is -0.133.